The Morgan fingerprint density at radius 1 is 1.33 bits per heavy atom. The minimum absolute atomic E-state index is 0.334. The summed E-state index contributed by atoms with van der Waals surface area (Å²) in [7, 11) is 0. The van der Waals surface area contributed by atoms with Gasteiger partial charge in [-0.3, -0.25) is 0 Å². The van der Waals surface area contributed by atoms with Gasteiger partial charge in [-0.1, -0.05) is 35.5 Å². The van der Waals surface area contributed by atoms with Gasteiger partial charge >= 0.3 is 0 Å². The maximum atomic E-state index is 6.13. The Morgan fingerprint density at radius 2 is 2.17 bits per heavy atom. The van der Waals surface area contributed by atoms with Gasteiger partial charge in [-0.15, -0.1) is 0 Å². The smallest absolute Gasteiger partial charge is 0.248 e. The van der Waals surface area contributed by atoms with Crippen molar-refractivity contribution in [3.63, 3.8) is 0 Å². The van der Waals surface area contributed by atoms with Gasteiger partial charge in [0.05, 0.1) is 5.25 Å². The molecule has 1 aromatic carbocycles. The van der Waals surface area contributed by atoms with Gasteiger partial charge in [0, 0.05) is 0 Å². The maximum Gasteiger partial charge on any atom is 0.248 e. The molecule has 94 valence electrons. The van der Waals surface area contributed by atoms with E-state index in [9.17, 15) is 0 Å². The number of hydrogen-bond donors (Lipinski definition) is 1. The molecule has 5 heteroatoms. The molecule has 2 aromatic rings. The van der Waals surface area contributed by atoms with Crippen LogP contribution in [0.25, 0.3) is 0 Å². The average molecular weight is 261 g/mol. The largest absolute Gasteiger partial charge is 0.337 e. The molecule has 1 unspecified atom stereocenters. The lowest BCUT2D eigenvalue weighted by atomic mass is 10.1. The van der Waals surface area contributed by atoms with E-state index < -0.39 is 0 Å². The summed E-state index contributed by atoms with van der Waals surface area (Å²) in [5.41, 5.74) is 7.12. The molecule has 0 amide bonds. The van der Waals surface area contributed by atoms with E-state index in [0.29, 0.717) is 11.1 Å². The predicted octanol–water partition coefficient (Wildman–Crippen LogP) is 2.69. The number of rotatable bonds is 3. The average Bonchev–Trinajstić information content (AvgIpc) is 3.09. The zero-order valence-corrected chi connectivity index (χ0v) is 10.8. The summed E-state index contributed by atoms with van der Waals surface area (Å²) in [6.45, 7) is 0. The van der Waals surface area contributed by atoms with Crippen molar-refractivity contribution < 1.29 is 4.52 Å². The van der Waals surface area contributed by atoms with Gasteiger partial charge in [-0.25, -0.2) is 0 Å². The van der Waals surface area contributed by atoms with E-state index >= 15 is 0 Å². The van der Waals surface area contributed by atoms with Crippen molar-refractivity contribution >= 4 is 11.8 Å². The van der Waals surface area contributed by atoms with Crippen molar-refractivity contribution in [2.24, 2.45) is 5.73 Å². The lowest BCUT2D eigenvalue weighted by Crippen LogP contribution is -2.12. The van der Waals surface area contributed by atoms with Gasteiger partial charge in [-0.05, 0) is 24.2 Å². The maximum absolute atomic E-state index is 6.13. The first-order valence-electron chi connectivity index (χ1n) is 6.10. The highest BCUT2D eigenvalue weighted by Crippen LogP contribution is 2.38. The van der Waals surface area contributed by atoms with Crippen LogP contribution in [0, 0.1) is 0 Å². The summed E-state index contributed by atoms with van der Waals surface area (Å²) < 4.78 is 5.29. The second kappa shape index (κ2) is 5.12. The Bertz CT molecular complexity index is 508. The summed E-state index contributed by atoms with van der Waals surface area (Å²) in [6.07, 6.45) is 2.36. The van der Waals surface area contributed by atoms with Gasteiger partial charge in [-0.2, -0.15) is 16.7 Å². The minimum Gasteiger partial charge on any atom is -0.337 e. The van der Waals surface area contributed by atoms with E-state index in [1.165, 1.54) is 12.2 Å². The number of nitrogens with zero attached hydrogens (tertiary/aromatic N) is 2. The molecular weight excluding hydrogens is 246 g/mol. The van der Waals surface area contributed by atoms with Crippen LogP contribution in [0.3, 0.4) is 0 Å². The van der Waals surface area contributed by atoms with Crippen LogP contribution in [0.2, 0.25) is 0 Å². The zero-order valence-electron chi connectivity index (χ0n) is 9.95. The monoisotopic (exact) mass is 261 g/mol. The number of aromatic nitrogens is 2. The molecule has 2 N–H and O–H groups in total. The van der Waals surface area contributed by atoms with Crippen LogP contribution in [-0.4, -0.2) is 15.9 Å². The van der Waals surface area contributed by atoms with E-state index in [1.54, 1.807) is 0 Å². The summed E-state index contributed by atoms with van der Waals surface area (Å²) >= 11 is 1.89. The Kier molecular flexibility index (Phi) is 3.34. The third kappa shape index (κ3) is 2.28. The van der Waals surface area contributed by atoms with Crippen LogP contribution < -0.4 is 5.73 Å². The minimum atomic E-state index is -0.334. The van der Waals surface area contributed by atoms with Crippen molar-refractivity contribution in [3.05, 3.63) is 47.6 Å². The van der Waals surface area contributed by atoms with E-state index in [0.717, 1.165) is 17.8 Å². The second-order valence-electron chi connectivity index (χ2n) is 4.38. The zero-order chi connectivity index (χ0) is 12.4. The SMILES string of the molecule is N[C@@H](c1ccccc1)c1nc(C2CCCS2)no1. The first kappa shape index (κ1) is 11.7. The fraction of sp³-hybridized carbons (Fsp3) is 0.385. The summed E-state index contributed by atoms with van der Waals surface area (Å²) in [5, 5.41) is 4.44. The summed E-state index contributed by atoms with van der Waals surface area (Å²) in [4.78, 5) is 4.44. The third-order valence-corrected chi connectivity index (χ3v) is 4.47. The molecule has 1 aliphatic heterocycles. The fourth-order valence-electron chi connectivity index (χ4n) is 2.09. The Hall–Kier alpha value is -1.33. The topological polar surface area (TPSA) is 64.9 Å². The van der Waals surface area contributed by atoms with Gasteiger partial charge in [0.2, 0.25) is 5.89 Å². The van der Waals surface area contributed by atoms with Crippen LogP contribution in [0.1, 0.15) is 41.4 Å². The fourth-order valence-corrected chi connectivity index (χ4v) is 3.28. The quantitative estimate of drug-likeness (QED) is 0.920. The van der Waals surface area contributed by atoms with E-state index in [2.05, 4.69) is 10.1 Å². The predicted molar refractivity (Wildman–Crippen MR) is 71.2 cm³/mol. The first-order valence-corrected chi connectivity index (χ1v) is 7.15. The first-order chi connectivity index (χ1) is 8.84. The van der Waals surface area contributed by atoms with Crippen LogP contribution >= 0.6 is 11.8 Å². The number of thioether (sulfide) groups is 1. The van der Waals surface area contributed by atoms with Crippen molar-refractivity contribution in [3.8, 4) is 0 Å². The van der Waals surface area contributed by atoms with Gasteiger partial charge in [0.15, 0.2) is 5.82 Å². The van der Waals surface area contributed by atoms with Crippen molar-refractivity contribution in [2.75, 3.05) is 5.75 Å². The molecule has 0 aliphatic carbocycles. The van der Waals surface area contributed by atoms with Gasteiger partial charge < -0.3 is 10.3 Å². The Morgan fingerprint density at radius 3 is 2.89 bits per heavy atom. The molecule has 4 nitrogen and oxygen atoms in total. The molecular formula is C13H15N3OS. The number of nitrogens with two attached hydrogens (primary N) is 1. The molecule has 1 fully saturated rings. The molecule has 2 heterocycles. The van der Waals surface area contributed by atoms with Gasteiger partial charge in [0.1, 0.15) is 6.04 Å². The second-order valence-corrected chi connectivity index (χ2v) is 5.69. The normalized spacial score (nSPS) is 21.1. The summed E-state index contributed by atoms with van der Waals surface area (Å²) in [5.74, 6) is 2.47. The lowest BCUT2D eigenvalue weighted by Gasteiger charge is -2.06. The molecule has 1 aromatic heterocycles. The lowest BCUT2D eigenvalue weighted by molar-refractivity contribution is 0.362. The molecule has 18 heavy (non-hydrogen) atoms. The van der Waals surface area contributed by atoms with Crippen molar-refractivity contribution in [1.82, 2.24) is 10.1 Å². The van der Waals surface area contributed by atoms with Crippen molar-refractivity contribution in [2.45, 2.75) is 24.1 Å². The molecule has 0 saturated carbocycles. The molecule has 1 aliphatic rings. The highest BCUT2D eigenvalue weighted by Gasteiger charge is 2.24. The van der Waals surface area contributed by atoms with E-state index in [-0.39, 0.29) is 6.04 Å². The Labute approximate surface area is 110 Å². The number of hydrogen-bond acceptors (Lipinski definition) is 5. The highest BCUT2D eigenvalue weighted by molar-refractivity contribution is 7.99. The third-order valence-electron chi connectivity index (χ3n) is 3.10. The molecule has 0 spiro atoms. The van der Waals surface area contributed by atoms with E-state index in [1.807, 2.05) is 42.1 Å². The molecule has 1 saturated heterocycles. The van der Waals surface area contributed by atoms with Crippen molar-refractivity contribution in [1.29, 1.82) is 0 Å². The van der Waals surface area contributed by atoms with Crippen LogP contribution in [0.5, 0.6) is 0 Å². The van der Waals surface area contributed by atoms with Gasteiger partial charge in [0.25, 0.3) is 0 Å². The molecule has 0 bridgehead atoms. The van der Waals surface area contributed by atoms with Crippen LogP contribution in [0.4, 0.5) is 0 Å². The summed E-state index contributed by atoms with van der Waals surface area (Å²) in [6, 6.07) is 9.49. The number of benzene rings is 1. The van der Waals surface area contributed by atoms with Crippen LogP contribution in [0.15, 0.2) is 34.9 Å². The molecule has 3 rings (SSSR count). The highest BCUT2D eigenvalue weighted by atomic mass is 32.2. The molecule has 2 atom stereocenters. The van der Waals surface area contributed by atoms with Crippen LogP contribution in [-0.2, 0) is 0 Å². The Balaban J connectivity index is 1.80. The molecule has 0 radical (unpaired) electrons. The standard InChI is InChI=1S/C13H15N3OS/c14-11(9-5-2-1-3-6-9)13-15-12(16-17-13)10-7-4-8-18-10/h1-3,5-6,10-11H,4,7-8,14H2/t10?,11-/m0/s1. The van der Waals surface area contributed by atoms with E-state index in [4.69, 9.17) is 10.3 Å².